The highest BCUT2D eigenvalue weighted by Gasteiger charge is 2.22. The van der Waals surface area contributed by atoms with E-state index in [1.54, 1.807) is 0 Å². The molecule has 9 heteroatoms. The van der Waals surface area contributed by atoms with Gasteiger partial charge in [-0.15, -0.1) is 0 Å². The van der Waals surface area contributed by atoms with Crippen LogP contribution in [0.4, 0.5) is 0 Å². The number of hydrogen-bond donors (Lipinski definition) is 2. The molecule has 2 N–H and O–H groups in total. The third-order valence-corrected chi connectivity index (χ3v) is 8.68. The number of allylic oxidation sites excluding steroid dienone is 4. The van der Waals surface area contributed by atoms with E-state index >= 15 is 0 Å². The second-order valence-electron chi connectivity index (χ2n) is 12.9. The van der Waals surface area contributed by atoms with Crippen LogP contribution in [0.2, 0.25) is 0 Å². The molecule has 0 spiro atoms. The molecule has 276 valence electrons. The molecule has 0 aromatic heterocycles. The molecule has 0 aliphatic carbocycles. The van der Waals surface area contributed by atoms with Crippen LogP contribution in [-0.2, 0) is 28.2 Å². The zero-order valence-electron chi connectivity index (χ0n) is 30.2. The molecule has 0 rings (SSSR count). The molecule has 0 aliphatic heterocycles. The highest BCUT2D eigenvalue weighted by molar-refractivity contribution is 7.46. The number of carbonyl (C=O) groups excluding carboxylic acids is 2. The first-order chi connectivity index (χ1) is 22.8. The van der Waals surface area contributed by atoms with Gasteiger partial charge in [-0.3, -0.25) is 14.1 Å². The fraction of sp³-hybridized carbons (Fsp3) is 0.842. The van der Waals surface area contributed by atoms with Crippen LogP contribution in [0.15, 0.2) is 24.3 Å². The highest BCUT2D eigenvalue weighted by Crippen LogP contribution is 2.36. The van der Waals surface area contributed by atoms with Gasteiger partial charge in [0.25, 0.3) is 0 Å². The topological polar surface area (TPSA) is 119 Å². The molecular weight excluding hydrogens is 615 g/mol. The van der Waals surface area contributed by atoms with Crippen LogP contribution in [0.1, 0.15) is 187 Å². The number of phosphoric ester groups is 1. The van der Waals surface area contributed by atoms with Crippen molar-refractivity contribution in [2.45, 2.75) is 193 Å². The van der Waals surface area contributed by atoms with Gasteiger partial charge in [0.1, 0.15) is 6.61 Å². The average Bonchev–Trinajstić information content (AvgIpc) is 3.03. The molecule has 0 aliphatic rings. The molecular formula is C38H71O8P. The smallest absolute Gasteiger partial charge is 0.462 e. The predicted molar refractivity (Wildman–Crippen MR) is 193 cm³/mol. The maximum absolute atomic E-state index is 12.3. The van der Waals surface area contributed by atoms with Crippen molar-refractivity contribution in [1.82, 2.24) is 0 Å². The monoisotopic (exact) mass is 686 g/mol. The van der Waals surface area contributed by atoms with Crippen molar-refractivity contribution in [1.29, 1.82) is 0 Å². The van der Waals surface area contributed by atoms with Gasteiger partial charge in [0.15, 0.2) is 6.10 Å². The number of phosphoric acid groups is 1. The van der Waals surface area contributed by atoms with Gasteiger partial charge in [-0.2, -0.15) is 0 Å². The van der Waals surface area contributed by atoms with Crippen molar-refractivity contribution in [3.8, 4) is 0 Å². The minimum absolute atomic E-state index is 0.202. The Bertz CT molecular complexity index is 823. The normalized spacial score (nSPS) is 12.7. The maximum Gasteiger partial charge on any atom is 0.469 e. The lowest BCUT2D eigenvalue weighted by atomic mass is 10.1. The summed E-state index contributed by atoms with van der Waals surface area (Å²) < 4.78 is 26.3. The zero-order valence-corrected chi connectivity index (χ0v) is 31.1. The van der Waals surface area contributed by atoms with Crippen molar-refractivity contribution < 1.29 is 37.9 Å². The predicted octanol–water partition coefficient (Wildman–Crippen LogP) is 11.2. The molecule has 0 saturated carbocycles. The summed E-state index contributed by atoms with van der Waals surface area (Å²) in [6.45, 7) is 3.65. The van der Waals surface area contributed by atoms with E-state index in [1.807, 2.05) is 0 Å². The fourth-order valence-electron chi connectivity index (χ4n) is 5.30. The van der Waals surface area contributed by atoms with Gasteiger partial charge in [-0.1, -0.05) is 134 Å². The lowest BCUT2D eigenvalue weighted by Crippen LogP contribution is -2.29. The van der Waals surface area contributed by atoms with Crippen LogP contribution in [0.25, 0.3) is 0 Å². The molecule has 0 aromatic carbocycles. The van der Waals surface area contributed by atoms with Crippen LogP contribution >= 0.6 is 7.82 Å². The average molecular weight is 687 g/mol. The summed E-state index contributed by atoms with van der Waals surface area (Å²) >= 11 is 0. The minimum atomic E-state index is -4.75. The Labute approximate surface area is 288 Å². The first kappa shape index (κ1) is 45.5. The van der Waals surface area contributed by atoms with Gasteiger partial charge in [0, 0.05) is 12.8 Å². The lowest BCUT2D eigenvalue weighted by molar-refractivity contribution is -0.161. The van der Waals surface area contributed by atoms with Crippen LogP contribution in [-0.4, -0.2) is 41.0 Å². The van der Waals surface area contributed by atoms with Gasteiger partial charge in [-0.05, 0) is 64.2 Å². The van der Waals surface area contributed by atoms with E-state index in [4.69, 9.17) is 19.3 Å². The van der Waals surface area contributed by atoms with Crippen molar-refractivity contribution in [3.05, 3.63) is 24.3 Å². The van der Waals surface area contributed by atoms with E-state index in [1.165, 1.54) is 83.5 Å². The second kappa shape index (κ2) is 34.4. The van der Waals surface area contributed by atoms with E-state index in [0.29, 0.717) is 12.8 Å². The van der Waals surface area contributed by atoms with Gasteiger partial charge < -0.3 is 19.3 Å². The third-order valence-electron chi connectivity index (χ3n) is 8.19. The van der Waals surface area contributed by atoms with E-state index < -0.39 is 32.5 Å². The summed E-state index contributed by atoms with van der Waals surface area (Å²) in [7, 11) is -4.75. The SMILES string of the molecule is CCCCCCC/C=C\CCCCCCCC(=O)O[C@H](COC(=O)CCCCCCC/C=C\CCCCCCCC)COP(=O)(O)O. The Hall–Kier alpha value is -1.47. The largest absolute Gasteiger partial charge is 0.469 e. The van der Waals surface area contributed by atoms with E-state index in [-0.39, 0.29) is 19.4 Å². The van der Waals surface area contributed by atoms with Crippen LogP contribution in [0, 0.1) is 0 Å². The molecule has 0 radical (unpaired) electrons. The van der Waals surface area contributed by atoms with Gasteiger partial charge >= 0.3 is 19.8 Å². The van der Waals surface area contributed by atoms with Crippen molar-refractivity contribution >= 4 is 19.8 Å². The van der Waals surface area contributed by atoms with Gasteiger partial charge in [0.2, 0.25) is 0 Å². The quantitative estimate of drug-likeness (QED) is 0.0292. The Balaban J connectivity index is 3.98. The molecule has 0 heterocycles. The zero-order chi connectivity index (χ0) is 34.7. The molecule has 0 amide bonds. The number of ether oxygens (including phenoxy) is 2. The lowest BCUT2D eigenvalue weighted by Gasteiger charge is -2.18. The first-order valence-corrected chi connectivity index (χ1v) is 20.7. The second-order valence-corrected chi connectivity index (χ2v) is 14.1. The Kier molecular flexibility index (Phi) is 33.3. The number of esters is 2. The molecule has 47 heavy (non-hydrogen) atoms. The molecule has 0 bridgehead atoms. The summed E-state index contributed by atoms with van der Waals surface area (Å²) in [6.07, 6.45) is 37.5. The first-order valence-electron chi connectivity index (χ1n) is 19.1. The van der Waals surface area contributed by atoms with Crippen LogP contribution in [0.3, 0.4) is 0 Å². The van der Waals surface area contributed by atoms with E-state index in [9.17, 15) is 14.2 Å². The molecule has 0 saturated heterocycles. The number of unbranched alkanes of at least 4 members (excludes halogenated alkanes) is 21. The number of hydrogen-bond acceptors (Lipinski definition) is 6. The highest BCUT2D eigenvalue weighted by atomic mass is 31.2. The number of carbonyl (C=O) groups is 2. The van der Waals surface area contributed by atoms with Crippen molar-refractivity contribution in [3.63, 3.8) is 0 Å². The molecule has 0 fully saturated rings. The summed E-state index contributed by atoms with van der Waals surface area (Å²) in [6, 6.07) is 0. The van der Waals surface area contributed by atoms with E-state index in [0.717, 1.165) is 64.2 Å². The molecule has 0 unspecified atom stereocenters. The van der Waals surface area contributed by atoms with Crippen molar-refractivity contribution in [2.24, 2.45) is 0 Å². The Morgan fingerprint density at radius 3 is 1.30 bits per heavy atom. The maximum atomic E-state index is 12.3. The molecule has 0 aromatic rings. The van der Waals surface area contributed by atoms with Gasteiger partial charge in [-0.25, -0.2) is 4.57 Å². The summed E-state index contributed by atoms with van der Waals surface area (Å²) in [4.78, 5) is 42.7. The Morgan fingerprint density at radius 2 is 0.894 bits per heavy atom. The van der Waals surface area contributed by atoms with Crippen LogP contribution < -0.4 is 0 Å². The molecule has 1 atom stereocenters. The van der Waals surface area contributed by atoms with Crippen molar-refractivity contribution in [2.75, 3.05) is 13.2 Å². The minimum Gasteiger partial charge on any atom is -0.462 e. The Morgan fingerprint density at radius 1 is 0.532 bits per heavy atom. The van der Waals surface area contributed by atoms with Crippen LogP contribution in [0.5, 0.6) is 0 Å². The molecule has 8 nitrogen and oxygen atoms in total. The summed E-state index contributed by atoms with van der Waals surface area (Å²) in [5, 5.41) is 0. The number of rotatable bonds is 35. The third kappa shape index (κ3) is 37.2. The standard InChI is InChI=1S/C38H71O8P/c1-3-5-7-9-11-13-15-17-19-21-22-24-26-28-30-32-37(39)44-34-36(35-45-47(41,42)43)46-38(40)33-31-29-27-25-23-20-18-16-14-12-10-8-6-4-2/h16-19,36H,3-15,20-35H2,1-2H3,(H2,41,42,43)/b18-16-,19-17-/t36-/m1/s1. The van der Waals surface area contributed by atoms with E-state index in [2.05, 4.69) is 42.7 Å². The summed E-state index contributed by atoms with van der Waals surface area (Å²) in [5.41, 5.74) is 0. The van der Waals surface area contributed by atoms with Gasteiger partial charge in [0.05, 0.1) is 6.61 Å². The summed E-state index contributed by atoms with van der Waals surface area (Å²) in [5.74, 6) is -0.902. The fourth-order valence-corrected chi connectivity index (χ4v) is 5.66.